The quantitative estimate of drug-likeness (QED) is 0.857. The molecule has 1 aliphatic heterocycles. The molecule has 0 aliphatic carbocycles. The van der Waals surface area contributed by atoms with Crippen molar-refractivity contribution in [2.45, 2.75) is 45.2 Å². The molecule has 2 heterocycles. The minimum absolute atomic E-state index is 0.0815. The van der Waals surface area contributed by atoms with E-state index < -0.39 is 9.84 Å². The molecular weight excluding hydrogens is 280 g/mol. The number of nitrogens with zero attached hydrogens (tertiary/aromatic N) is 2. The molecule has 2 rings (SSSR count). The van der Waals surface area contributed by atoms with Gasteiger partial charge in [-0.3, -0.25) is 4.90 Å². The second kappa shape index (κ2) is 5.14. The first-order chi connectivity index (χ1) is 8.67. The fourth-order valence-corrected chi connectivity index (χ4v) is 4.94. The number of thiazole rings is 1. The molecule has 0 saturated carbocycles. The van der Waals surface area contributed by atoms with E-state index in [0.717, 1.165) is 23.7 Å². The van der Waals surface area contributed by atoms with Gasteiger partial charge in [0.25, 0.3) is 0 Å². The van der Waals surface area contributed by atoms with E-state index in [0.29, 0.717) is 11.5 Å². The summed E-state index contributed by atoms with van der Waals surface area (Å²) in [5, 5.41) is 3.22. The molecule has 0 spiro atoms. The van der Waals surface area contributed by atoms with Crippen LogP contribution in [0.3, 0.4) is 0 Å². The zero-order valence-corrected chi connectivity index (χ0v) is 13.6. The SMILES string of the molecule is CN(Cc1csc(C(C)(C)C)n1)[C@@H]1CCS(=O)(=O)C1. The van der Waals surface area contributed by atoms with Crippen LogP contribution < -0.4 is 0 Å². The molecule has 0 aromatic carbocycles. The van der Waals surface area contributed by atoms with Crippen molar-refractivity contribution in [3.63, 3.8) is 0 Å². The molecule has 0 bridgehead atoms. The molecular formula is C13H22N2O2S2. The molecule has 19 heavy (non-hydrogen) atoms. The van der Waals surface area contributed by atoms with Crippen LogP contribution in [0, 0.1) is 0 Å². The second-order valence-electron chi connectivity index (χ2n) is 6.37. The van der Waals surface area contributed by atoms with Crippen LogP contribution in [0.25, 0.3) is 0 Å². The topological polar surface area (TPSA) is 50.3 Å². The van der Waals surface area contributed by atoms with Gasteiger partial charge in [-0.25, -0.2) is 13.4 Å². The molecule has 0 unspecified atom stereocenters. The van der Waals surface area contributed by atoms with Gasteiger partial charge < -0.3 is 0 Å². The fraction of sp³-hybridized carbons (Fsp3) is 0.769. The number of hydrogen-bond donors (Lipinski definition) is 0. The van der Waals surface area contributed by atoms with Crippen LogP contribution in [0.1, 0.15) is 37.9 Å². The maximum Gasteiger partial charge on any atom is 0.151 e. The van der Waals surface area contributed by atoms with E-state index in [1.54, 1.807) is 11.3 Å². The van der Waals surface area contributed by atoms with Crippen molar-refractivity contribution in [1.82, 2.24) is 9.88 Å². The van der Waals surface area contributed by atoms with Crippen LogP contribution >= 0.6 is 11.3 Å². The van der Waals surface area contributed by atoms with Gasteiger partial charge in [-0.2, -0.15) is 0 Å². The molecule has 0 radical (unpaired) electrons. The number of hydrogen-bond acceptors (Lipinski definition) is 5. The lowest BCUT2D eigenvalue weighted by Gasteiger charge is -2.22. The van der Waals surface area contributed by atoms with E-state index in [-0.39, 0.29) is 11.5 Å². The molecule has 4 nitrogen and oxygen atoms in total. The summed E-state index contributed by atoms with van der Waals surface area (Å²) in [5.74, 6) is 0.617. The molecule has 1 aromatic heterocycles. The smallest absolute Gasteiger partial charge is 0.151 e. The molecule has 108 valence electrons. The van der Waals surface area contributed by atoms with Gasteiger partial charge in [0.1, 0.15) is 0 Å². The molecule has 1 aliphatic rings. The van der Waals surface area contributed by atoms with Crippen LogP contribution in [0.4, 0.5) is 0 Å². The van der Waals surface area contributed by atoms with Gasteiger partial charge in [0.05, 0.1) is 22.2 Å². The van der Waals surface area contributed by atoms with Crippen molar-refractivity contribution in [3.8, 4) is 0 Å². The summed E-state index contributed by atoms with van der Waals surface area (Å²) in [4.78, 5) is 6.77. The monoisotopic (exact) mass is 302 g/mol. The Kier molecular flexibility index (Phi) is 4.05. The summed E-state index contributed by atoms with van der Waals surface area (Å²) in [6, 6.07) is 0.143. The van der Waals surface area contributed by atoms with Gasteiger partial charge in [0.2, 0.25) is 0 Å². The maximum atomic E-state index is 11.5. The van der Waals surface area contributed by atoms with Crippen molar-refractivity contribution in [2.75, 3.05) is 18.6 Å². The highest BCUT2D eigenvalue weighted by atomic mass is 32.2. The van der Waals surface area contributed by atoms with E-state index in [1.165, 1.54) is 0 Å². The Balaban J connectivity index is 2.00. The zero-order chi connectivity index (χ0) is 14.3. The van der Waals surface area contributed by atoms with Gasteiger partial charge in [0, 0.05) is 23.4 Å². The van der Waals surface area contributed by atoms with Crippen LogP contribution in [-0.2, 0) is 21.8 Å². The third-order valence-corrected chi connectivity index (χ3v) is 6.50. The highest BCUT2D eigenvalue weighted by Crippen LogP contribution is 2.26. The fourth-order valence-electron chi connectivity index (χ4n) is 2.23. The molecule has 1 aromatic rings. The molecule has 6 heteroatoms. The minimum Gasteiger partial charge on any atom is -0.297 e. The average molecular weight is 302 g/mol. The van der Waals surface area contributed by atoms with Crippen LogP contribution in [0.15, 0.2) is 5.38 Å². The lowest BCUT2D eigenvalue weighted by Crippen LogP contribution is -2.32. The summed E-state index contributed by atoms with van der Waals surface area (Å²) in [6.45, 7) is 7.20. The summed E-state index contributed by atoms with van der Waals surface area (Å²) >= 11 is 1.68. The van der Waals surface area contributed by atoms with Crippen LogP contribution in [0.2, 0.25) is 0 Å². The predicted octanol–water partition coefficient (Wildman–Crippen LogP) is 2.06. The molecule has 0 amide bonds. The lowest BCUT2D eigenvalue weighted by molar-refractivity contribution is 0.251. The first-order valence-electron chi connectivity index (χ1n) is 6.53. The van der Waals surface area contributed by atoms with Gasteiger partial charge in [-0.15, -0.1) is 11.3 Å². The number of rotatable bonds is 3. The van der Waals surface area contributed by atoms with Gasteiger partial charge in [0.15, 0.2) is 9.84 Å². The van der Waals surface area contributed by atoms with E-state index in [4.69, 9.17) is 0 Å². The van der Waals surface area contributed by atoms with E-state index in [1.807, 2.05) is 7.05 Å². The summed E-state index contributed by atoms with van der Waals surface area (Å²) in [7, 11) is -0.823. The van der Waals surface area contributed by atoms with Crippen molar-refractivity contribution >= 4 is 21.2 Å². The Bertz CT molecular complexity index is 543. The Morgan fingerprint density at radius 1 is 1.47 bits per heavy atom. The highest BCUT2D eigenvalue weighted by Gasteiger charge is 2.30. The standard InChI is InChI=1S/C13H22N2O2S2/c1-13(2,3)12-14-10(8-18-12)7-15(4)11-5-6-19(16,17)9-11/h8,11H,5-7,9H2,1-4H3/t11-/m1/s1. The van der Waals surface area contributed by atoms with E-state index in [2.05, 4.69) is 36.0 Å². The summed E-state index contributed by atoms with van der Waals surface area (Å²) in [6.07, 6.45) is 0.745. The first-order valence-corrected chi connectivity index (χ1v) is 9.23. The maximum absolute atomic E-state index is 11.5. The highest BCUT2D eigenvalue weighted by molar-refractivity contribution is 7.91. The summed E-state index contributed by atoms with van der Waals surface area (Å²) < 4.78 is 23.0. The molecule has 1 saturated heterocycles. The minimum atomic E-state index is -2.81. The Labute approximate surface area is 119 Å². The normalized spacial score (nSPS) is 23.1. The van der Waals surface area contributed by atoms with Crippen LogP contribution in [-0.4, -0.2) is 42.9 Å². The third kappa shape index (κ3) is 3.77. The van der Waals surface area contributed by atoms with Gasteiger partial charge in [-0.1, -0.05) is 20.8 Å². The van der Waals surface area contributed by atoms with Gasteiger partial charge in [-0.05, 0) is 13.5 Å². The average Bonchev–Trinajstić information content (AvgIpc) is 2.83. The third-order valence-electron chi connectivity index (χ3n) is 3.44. The van der Waals surface area contributed by atoms with Crippen molar-refractivity contribution in [1.29, 1.82) is 0 Å². The Morgan fingerprint density at radius 3 is 2.63 bits per heavy atom. The summed E-state index contributed by atoms with van der Waals surface area (Å²) in [5.41, 5.74) is 1.12. The van der Waals surface area contributed by atoms with Gasteiger partial charge >= 0.3 is 0 Å². The molecule has 1 fully saturated rings. The van der Waals surface area contributed by atoms with Crippen LogP contribution in [0.5, 0.6) is 0 Å². The second-order valence-corrected chi connectivity index (χ2v) is 9.45. The van der Waals surface area contributed by atoms with E-state index >= 15 is 0 Å². The number of sulfone groups is 1. The lowest BCUT2D eigenvalue weighted by atomic mass is 9.98. The van der Waals surface area contributed by atoms with E-state index in [9.17, 15) is 8.42 Å². The van der Waals surface area contributed by atoms with Crippen molar-refractivity contribution in [2.24, 2.45) is 0 Å². The largest absolute Gasteiger partial charge is 0.297 e. The first kappa shape index (κ1) is 14.9. The Hall–Kier alpha value is -0.460. The van der Waals surface area contributed by atoms with Crippen molar-refractivity contribution in [3.05, 3.63) is 16.1 Å². The Morgan fingerprint density at radius 2 is 2.16 bits per heavy atom. The van der Waals surface area contributed by atoms with Crippen molar-refractivity contribution < 1.29 is 8.42 Å². The molecule has 1 atom stereocenters. The molecule has 0 N–H and O–H groups in total. The number of aromatic nitrogens is 1. The predicted molar refractivity (Wildman–Crippen MR) is 79.3 cm³/mol. The zero-order valence-electron chi connectivity index (χ0n) is 12.0.